The van der Waals surface area contributed by atoms with E-state index in [1.165, 1.54) is 4.57 Å². The summed E-state index contributed by atoms with van der Waals surface area (Å²) in [7, 11) is 0. The van der Waals surface area contributed by atoms with Crippen LogP contribution in [0.5, 0.6) is 0 Å². The van der Waals surface area contributed by atoms with E-state index >= 15 is 0 Å². The number of aromatic nitrogens is 6. The molecule has 1 saturated heterocycles. The highest BCUT2D eigenvalue weighted by atomic mass is 32.2. The molecule has 4 rings (SSSR count). The van der Waals surface area contributed by atoms with Crippen molar-refractivity contribution in [3.63, 3.8) is 0 Å². The van der Waals surface area contributed by atoms with Crippen LogP contribution in [-0.2, 0) is 11.3 Å². The van der Waals surface area contributed by atoms with Crippen LogP contribution < -0.4 is 17.0 Å². The number of ketones is 1. The van der Waals surface area contributed by atoms with Crippen LogP contribution in [0.15, 0.2) is 14.7 Å². The van der Waals surface area contributed by atoms with Gasteiger partial charge in [0, 0.05) is 12.6 Å². The fourth-order valence-electron chi connectivity index (χ4n) is 3.13. The number of hydrogen-bond donors (Lipinski definition) is 2. The minimum atomic E-state index is -0.765. The molecule has 2 aromatic rings. The fourth-order valence-corrected chi connectivity index (χ4v) is 3.89. The lowest BCUT2D eigenvalue weighted by Crippen LogP contribution is -2.36. The van der Waals surface area contributed by atoms with Gasteiger partial charge in [0.05, 0.1) is 18.4 Å². The Hall–Kier alpha value is -2.47. The van der Waals surface area contributed by atoms with Gasteiger partial charge in [0.15, 0.2) is 5.78 Å². The molecule has 3 N–H and O–H groups in total. The average molecular weight is 393 g/mol. The van der Waals surface area contributed by atoms with Crippen molar-refractivity contribution >= 4 is 23.4 Å². The third-order valence-corrected chi connectivity index (χ3v) is 5.56. The molecule has 0 aromatic carbocycles. The summed E-state index contributed by atoms with van der Waals surface area (Å²) in [5.41, 5.74) is 4.43. The number of nitrogens with zero attached hydrogens (tertiary/aromatic N) is 5. The molecule has 1 saturated carbocycles. The minimum absolute atomic E-state index is 0.0488. The quantitative estimate of drug-likeness (QED) is 0.472. The van der Waals surface area contributed by atoms with Crippen LogP contribution in [0.1, 0.15) is 42.1 Å². The molecule has 12 heteroatoms. The van der Waals surface area contributed by atoms with Crippen molar-refractivity contribution in [1.82, 2.24) is 29.8 Å². The topological polar surface area (TPSA) is 151 Å². The van der Waals surface area contributed by atoms with Crippen LogP contribution in [0.25, 0.3) is 0 Å². The first-order chi connectivity index (χ1) is 13.0. The van der Waals surface area contributed by atoms with Crippen molar-refractivity contribution in [3.05, 3.63) is 26.4 Å². The van der Waals surface area contributed by atoms with E-state index in [-0.39, 0.29) is 29.3 Å². The molecule has 2 aromatic heterocycles. The Bertz CT molecular complexity index is 971. The van der Waals surface area contributed by atoms with E-state index in [0.29, 0.717) is 11.7 Å². The third kappa shape index (κ3) is 3.67. The van der Waals surface area contributed by atoms with Gasteiger partial charge in [-0.1, -0.05) is 11.8 Å². The number of nitrogens with one attached hydrogen (secondary N) is 1. The Kier molecular flexibility index (Phi) is 4.83. The maximum Gasteiger partial charge on any atom is 0.330 e. The SMILES string of the molecule is Nc1c(C(=O)CSc2nnnn2CC2CCCO2)c(=O)[nH]c(=O)n1C1CC1. The van der Waals surface area contributed by atoms with Gasteiger partial charge in [0.1, 0.15) is 11.4 Å². The van der Waals surface area contributed by atoms with Gasteiger partial charge in [0.2, 0.25) is 5.16 Å². The Morgan fingerprint density at radius 1 is 1.33 bits per heavy atom. The van der Waals surface area contributed by atoms with E-state index in [4.69, 9.17) is 10.5 Å². The van der Waals surface area contributed by atoms with Gasteiger partial charge < -0.3 is 10.5 Å². The molecule has 144 valence electrons. The van der Waals surface area contributed by atoms with E-state index in [1.54, 1.807) is 4.68 Å². The molecule has 1 aliphatic carbocycles. The number of H-pyrrole nitrogens is 1. The smallest absolute Gasteiger partial charge is 0.330 e. The average Bonchev–Trinajstić information content (AvgIpc) is 3.14. The second-order valence-electron chi connectivity index (χ2n) is 6.61. The summed E-state index contributed by atoms with van der Waals surface area (Å²) in [4.78, 5) is 38.8. The van der Waals surface area contributed by atoms with E-state index in [9.17, 15) is 14.4 Å². The molecule has 27 heavy (non-hydrogen) atoms. The van der Waals surface area contributed by atoms with Crippen LogP contribution in [-0.4, -0.2) is 54.0 Å². The van der Waals surface area contributed by atoms with Crippen molar-refractivity contribution < 1.29 is 9.53 Å². The lowest BCUT2D eigenvalue weighted by Gasteiger charge is -2.11. The minimum Gasteiger partial charge on any atom is -0.384 e. The fraction of sp³-hybridized carbons (Fsp3) is 0.600. The molecule has 0 spiro atoms. The lowest BCUT2D eigenvalue weighted by molar-refractivity contribution is 0.0912. The molecule has 11 nitrogen and oxygen atoms in total. The first kappa shape index (κ1) is 17.9. The number of aromatic amines is 1. The number of anilines is 1. The van der Waals surface area contributed by atoms with Gasteiger partial charge in [0.25, 0.3) is 5.56 Å². The molecule has 2 fully saturated rings. The van der Waals surface area contributed by atoms with Gasteiger partial charge in [-0.2, -0.15) is 0 Å². The molecule has 0 radical (unpaired) electrons. The first-order valence-corrected chi connectivity index (χ1v) is 9.71. The molecule has 1 unspecified atom stereocenters. The molecule has 1 aliphatic heterocycles. The normalized spacial score (nSPS) is 19.5. The lowest BCUT2D eigenvalue weighted by atomic mass is 10.2. The summed E-state index contributed by atoms with van der Waals surface area (Å²) >= 11 is 1.12. The molecule has 0 amide bonds. The summed E-state index contributed by atoms with van der Waals surface area (Å²) in [5, 5.41) is 12.0. The Balaban J connectivity index is 1.49. The zero-order valence-electron chi connectivity index (χ0n) is 14.5. The monoisotopic (exact) mass is 393 g/mol. The summed E-state index contributed by atoms with van der Waals surface area (Å²) < 4.78 is 8.46. The first-order valence-electron chi connectivity index (χ1n) is 8.72. The summed E-state index contributed by atoms with van der Waals surface area (Å²) in [6.45, 7) is 1.24. The third-order valence-electron chi connectivity index (χ3n) is 4.60. The highest BCUT2D eigenvalue weighted by Gasteiger charge is 2.30. The number of nitrogens with two attached hydrogens (primary N) is 1. The molecule has 1 atom stereocenters. The number of carbonyl (C=O) groups excluding carboxylic acids is 1. The Morgan fingerprint density at radius 2 is 2.15 bits per heavy atom. The highest BCUT2D eigenvalue weighted by molar-refractivity contribution is 7.99. The van der Waals surface area contributed by atoms with Gasteiger partial charge in [-0.25, -0.2) is 9.48 Å². The Labute approximate surface area is 157 Å². The number of ether oxygens (including phenoxy) is 1. The van der Waals surface area contributed by atoms with Crippen LogP contribution in [0.2, 0.25) is 0 Å². The van der Waals surface area contributed by atoms with Crippen LogP contribution in [0, 0.1) is 0 Å². The van der Waals surface area contributed by atoms with E-state index in [0.717, 1.165) is 44.1 Å². The van der Waals surface area contributed by atoms with Gasteiger partial charge in [-0.15, -0.1) is 5.10 Å². The largest absolute Gasteiger partial charge is 0.384 e. The molecule has 3 heterocycles. The molecular formula is C15H19N7O4S. The van der Waals surface area contributed by atoms with Crippen molar-refractivity contribution in [3.8, 4) is 0 Å². The van der Waals surface area contributed by atoms with Gasteiger partial charge in [-0.3, -0.25) is 19.1 Å². The maximum atomic E-state index is 12.6. The summed E-state index contributed by atoms with van der Waals surface area (Å²) in [6, 6.07) is -0.0488. The van der Waals surface area contributed by atoms with Crippen molar-refractivity contribution in [2.24, 2.45) is 0 Å². The zero-order chi connectivity index (χ0) is 19.0. The number of nitrogen functional groups attached to an aromatic ring is 1. The number of thioether (sulfide) groups is 1. The van der Waals surface area contributed by atoms with Crippen LogP contribution in [0.4, 0.5) is 5.82 Å². The van der Waals surface area contributed by atoms with E-state index in [2.05, 4.69) is 20.5 Å². The second-order valence-corrected chi connectivity index (χ2v) is 7.55. The number of hydrogen-bond acceptors (Lipinski definition) is 9. The standard InChI is InChI=1S/C15H19N7O4S/c16-12-11(13(24)17-14(25)22(12)8-3-4-8)10(23)7-27-15-18-19-20-21(15)6-9-2-1-5-26-9/h8-9H,1-7,16H2,(H,17,24,25). The second kappa shape index (κ2) is 7.27. The van der Waals surface area contributed by atoms with Gasteiger partial charge >= 0.3 is 5.69 Å². The van der Waals surface area contributed by atoms with Crippen LogP contribution >= 0.6 is 11.8 Å². The highest BCUT2D eigenvalue weighted by Crippen LogP contribution is 2.35. The summed E-state index contributed by atoms with van der Waals surface area (Å²) in [6.07, 6.45) is 3.61. The number of tetrazole rings is 1. The maximum absolute atomic E-state index is 12.6. The van der Waals surface area contributed by atoms with E-state index < -0.39 is 17.0 Å². The molecule has 2 aliphatic rings. The number of carbonyl (C=O) groups is 1. The van der Waals surface area contributed by atoms with Crippen LogP contribution in [0.3, 0.4) is 0 Å². The zero-order valence-corrected chi connectivity index (χ0v) is 15.3. The predicted octanol–water partition coefficient (Wildman–Crippen LogP) is -0.406. The van der Waals surface area contributed by atoms with Crippen molar-refractivity contribution in [2.75, 3.05) is 18.1 Å². The molecule has 0 bridgehead atoms. The number of Topliss-reactive ketones (excluding diaryl/α,β-unsaturated/α-hetero) is 1. The van der Waals surface area contributed by atoms with Crippen molar-refractivity contribution in [1.29, 1.82) is 0 Å². The van der Waals surface area contributed by atoms with Gasteiger partial charge in [-0.05, 0) is 36.1 Å². The Morgan fingerprint density at radius 3 is 2.85 bits per heavy atom. The predicted molar refractivity (Wildman–Crippen MR) is 95.9 cm³/mol. The summed E-state index contributed by atoms with van der Waals surface area (Å²) in [5.74, 6) is -0.613. The number of rotatable bonds is 7. The van der Waals surface area contributed by atoms with E-state index in [1.807, 2.05) is 0 Å². The molecular weight excluding hydrogens is 374 g/mol. The van der Waals surface area contributed by atoms with Crippen molar-refractivity contribution in [2.45, 2.75) is 49.5 Å².